The van der Waals surface area contributed by atoms with Crippen LogP contribution in [0.2, 0.25) is 0 Å². The maximum atomic E-state index is 13.7. The van der Waals surface area contributed by atoms with Gasteiger partial charge in [-0.25, -0.2) is 4.39 Å². The van der Waals surface area contributed by atoms with Crippen LogP contribution in [0.5, 0.6) is 5.75 Å². The van der Waals surface area contributed by atoms with Crippen molar-refractivity contribution >= 4 is 17.7 Å². The maximum Gasteiger partial charge on any atom is 0.266 e. The highest BCUT2D eigenvalue weighted by atomic mass is 19.1. The van der Waals surface area contributed by atoms with Gasteiger partial charge in [0, 0.05) is 5.69 Å². The van der Waals surface area contributed by atoms with Crippen molar-refractivity contribution in [1.29, 1.82) is 5.26 Å². The number of halogens is 1. The van der Waals surface area contributed by atoms with Gasteiger partial charge >= 0.3 is 0 Å². The molecule has 0 aromatic heterocycles. The van der Waals surface area contributed by atoms with Gasteiger partial charge in [0.15, 0.2) is 11.6 Å². The second kappa shape index (κ2) is 7.23. The minimum Gasteiger partial charge on any atom is -0.494 e. The van der Waals surface area contributed by atoms with Crippen molar-refractivity contribution in [3.05, 3.63) is 65.0 Å². The molecule has 0 bridgehead atoms. The fraction of sp³-hybridized carbons (Fsp3) is 0.111. The summed E-state index contributed by atoms with van der Waals surface area (Å²) in [5, 5.41) is 11.8. The number of hydrogen-bond acceptors (Lipinski definition) is 3. The van der Waals surface area contributed by atoms with Gasteiger partial charge in [0.05, 0.1) is 7.11 Å². The lowest BCUT2D eigenvalue weighted by molar-refractivity contribution is -0.112. The average molecular weight is 310 g/mol. The lowest BCUT2D eigenvalue weighted by Gasteiger charge is -2.05. The van der Waals surface area contributed by atoms with E-state index < -0.39 is 11.7 Å². The number of rotatable bonds is 4. The highest BCUT2D eigenvalue weighted by Crippen LogP contribution is 2.19. The second-order valence-electron chi connectivity index (χ2n) is 4.88. The van der Waals surface area contributed by atoms with E-state index in [4.69, 9.17) is 10.00 Å². The fourth-order valence-corrected chi connectivity index (χ4v) is 1.92. The third kappa shape index (κ3) is 4.17. The van der Waals surface area contributed by atoms with Crippen LogP contribution in [0.3, 0.4) is 0 Å². The SMILES string of the molecule is COc1ccc(/C=C(\C#N)C(=O)Nc2ccc(C)cc2)cc1F. The van der Waals surface area contributed by atoms with Crippen LogP contribution in [0, 0.1) is 24.1 Å². The number of methoxy groups -OCH3 is 1. The minimum absolute atomic E-state index is 0.102. The first kappa shape index (κ1) is 16.2. The number of nitrogens with one attached hydrogen (secondary N) is 1. The molecular weight excluding hydrogens is 295 g/mol. The Balaban J connectivity index is 2.21. The van der Waals surface area contributed by atoms with Crippen molar-refractivity contribution in [1.82, 2.24) is 0 Å². The van der Waals surface area contributed by atoms with Crippen LogP contribution in [-0.2, 0) is 4.79 Å². The van der Waals surface area contributed by atoms with Crippen molar-refractivity contribution in [2.45, 2.75) is 6.92 Å². The molecule has 0 aliphatic carbocycles. The van der Waals surface area contributed by atoms with Gasteiger partial charge in [-0.1, -0.05) is 23.8 Å². The Morgan fingerprint density at radius 3 is 2.52 bits per heavy atom. The molecule has 2 rings (SSSR count). The first-order chi connectivity index (χ1) is 11.0. The molecule has 0 saturated heterocycles. The number of benzene rings is 2. The number of carbonyl (C=O) groups is 1. The van der Waals surface area contributed by atoms with Crippen LogP contribution in [0.4, 0.5) is 10.1 Å². The number of nitriles is 1. The van der Waals surface area contributed by atoms with Crippen molar-refractivity contribution in [3.8, 4) is 11.8 Å². The third-order valence-corrected chi connectivity index (χ3v) is 3.16. The molecule has 0 radical (unpaired) electrons. The molecule has 0 fully saturated rings. The van der Waals surface area contributed by atoms with Crippen LogP contribution in [0.25, 0.3) is 6.08 Å². The molecule has 0 spiro atoms. The monoisotopic (exact) mass is 310 g/mol. The summed E-state index contributed by atoms with van der Waals surface area (Å²) in [5.74, 6) is -1.00. The van der Waals surface area contributed by atoms with Crippen LogP contribution in [-0.4, -0.2) is 13.0 Å². The van der Waals surface area contributed by atoms with Crippen molar-refractivity contribution in [2.75, 3.05) is 12.4 Å². The Hall–Kier alpha value is -3.13. The van der Waals surface area contributed by atoms with Gasteiger partial charge in [0.2, 0.25) is 0 Å². The molecule has 0 aliphatic rings. The minimum atomic E-state index is -0.558. The van der Waals surface area contributed by atoms with Gasteiger partial charge in [-0.3, -0.25) is 4.79 Å². The smallest absolute Gasteiger partial charge is 0.266 e. The number of anilines is 1. The first-order valence-electron chi connectivity index (χ1n) is 6.87. The van der Waals surface area contributed by atoms with Crippen LogP contribution >= 0.6 is 0 Å². The summed E-state index contributed by atoms with van der Waals surface area (Å²) in [6.45, 7) is 1.93. The summed E-state index contributed by atoms with van der Waals surface area (Å²) >= 11 is 0. The predicted octanol–water partition coefficient (Wildman–Crippen LogP) is 3.69. The van der Waals surface area contributed by atoms with Crippen molar-refractivity contribution < 1.29 is 13.9 Å². The van der Waals surface area contributed by atoms with E-state index in [1.807, 2.05) is 25.1 Å². The van der Waals surface area contributed by atoms with E-state index in [1.165, 1.54) is 25.3 Å². The topological polar surface area (TPSA) is 62.1 Å². The number of nitrogens with zero attached hydrogens (tertiary/aromatic N) is 1. The van der Waals surface area contributed by atoms with E-state index in [1.54, 1.807) is 18.2 Å². The number of carbonyl (C=O) groups excluding carboxylic acids is 1. The normalized spacial score (nSPS) is 10.8. The highest BCUT2D eigenvalue weighted by Gasteiger charge is 2.10. The predicted molar refractivity (Wildman–Crippen MR) is 86.4 cm³/mol. The van der Waals surface area contributed by atoms with E-state index in [0.29, 0.717) is 11.3 Å². The molecule has 2 aromatic carbocycles. The van der Waals surface area contributed by atoms with Gasteiger partial charge in [0.25, 0.3) is 5.91 Å². The standard InChI is InChI=1S/C18H15FN2O2/c1-12-3-6-15(7-4-12)21-18(22)14(11-20)9-13-5-8-17(23-2)16(19)10-13/h3-10H,1-2H3,(H,21,22)/b14-9+. The molecule has 0 heterocycles. The molecule has 0 atom stereocenters. The lowest BCUT2D eigenvalue weighted by Crippen LogP contribution is -2.13. The number of ether oxygens (including phenoxy) is 1. The van der Waals surface area contributed by atoms with E-state index >= 15 is 0 Å². The van der Waals surface area contributed by atoms with E-state index in [0.717, 1.165) is 5.56 Å². The fourth-order valence-electron chi connectivity index (χ4n) is 1.92. The van der Waals surface area contributed by atoms with Gasteiger partial charge in [0.1, 0.15) is 11.6 Å². The molecule has 116 valence electrons. The summed E-state index contributed by atoms with van der Waals surface area (Å²) in [4.78, 5) is 12.1. The largest absolute Gasteiger partial charge is 0.494 e. The average Bonchev–Trinajstić information content (AvgIpc) is 2.54. The number of amides is 1. The Morgan fingerprint density at radius 2 is 1.96 bits per heavy atom. The van der Waals surface area contributed by atoms with Gasteiger partial charge in [-0.05, 0) is 42.8 Å². The number of hydrogen-bond donors (Lipinski definition) is 1. The van der Waals surface area contributed by atoms with E-state index in [-0.39, 0.29) is 11.3 Å². The van der Waals surface area contributed by atoms with Gasteiger partial charge in [-0.15, -0.1) is 0 Å². The molecule has 0 aliphatic heterocycles. The Morgan fingerprint density at radius 1 is 1.26 bits per heavy atom. The van der Waals surface area contributed by atoms with Gasteiger partial charge < -0.3 is 10.1 Å². The van der Waals surface area contributed by atoms with E-state index in [9.17, 15) is 9.18 Å². The Bertz CT molecular complexity index is 790. The maximum absolute atomic E-state index is 13.7. The molecule has 2 aromatic rings. The quantitative estimate of drug-likeness (QED) is 0.692. The molecule has 23 heavy (non-hydrogen) atoms. The van der Waals surface area contributed by atoms with Crippen molar-refractivity contribution in [2.24, 2.45) is 0 Å². The van der Waals surface area contributed by atoms with Crippen LogP contribution in [0.15, 0.2) is 48.0 Å². The molecule has 4 nitrogen and oxygen atoms in total. The molecular formula is C18H15FN2O2. The third-order valence-electron chi connectivity index (χ3n) is 3.16. The van der Waals surface area contributed by atoms with Gasteiger partial charge in [-0.2, -0.15) is 5.26 Å². The second-order valence-corrected chi connectivity index (χ2v) is 4.88. The first-order valence-corrected chi connectivity index (χ1v) is 6.87. The van der Waals surface area contributed by atoms with Crippen molar-refractivity contribution in [3.63, 3.8) is 0 Å². The summed E-state index contributed by atoms with van der Waals surface area (Å²) in [6, 6.07) is 13.2. The summed E-state index contributed by atoms with van der Waals surface area (Å²) < 4.78 is 18.5. The van der Waals surface area contributed by atoms with E-state index in [2.05, 4.69) is 5.32 Å². The Labute approximate surface area is 133 Å². The van der Waals surface area contributed by atoms with Crippen LogP contribution < -0.4 is 10.1 Å². The Kier molecular flexibility index (Phi) is 5.11. The number of aryl methyl sites for hydroxylation is 1. The summed E-state index contributed by atoms with van der Waals surface area (Å²) in [7, 11) is 1.36. The molecule has 0 unspecified atom stereocenters. The zero-order chi connectivity index (χ0) is 16.8. The zero-order valence-corrected chi connectivity index (χ0v) is 12.8. The highest BCUT2D eigenvalue weighted by molar-refractivity contribution is 6.09. The summed E-state index contributed by atoms with van der Waals surface area (Å²) in [5.41, 5.74) is 1.93. The molecule has 0 saturated carbocycles. The molecule has 5 heteroatoms. The summed E-state index contributed by atoms with van der Waals surface area (Å²) in [6.07, 6.45) is 1.33. The molecule has 1 amide bonds. The zero-order valence-electron chi connectivity index (χ0n) is 12.8. The lowest BCUT2D eigenvalue weighted by atomic mass is 10.1. The van der Waals surface area contributed by atoms with Crippen LogP contribution in [0.1, 0.15) is 11.1 Å². The molecule has 1 N–H and O–H groups in total.